The molecule has 1 aliphatic carbocycles. The predicted molar refractivity (Wildman–Crippen MR) is 366 cm³/mol. The number of hydrogen-bond acceptors (Lipinski definition) is 4. The zero-order valence-electron chi connectivity index (χ0n) is 48.3. The first kappa shape index (κ1) is 53.1. The van der Waals surface area contributed by atoms with Gasteiger partial charge in [-0.05, 0) is 98.6 Å². The van der Waals surface area contributed by atoms with Gasteiger partial charge in [-0.1, -0.05) is 291 Å². The van der Waals surface area contributed by atoms with Gasteiger partial charge in [-0.2, -0.15) is 0 Å². The molecule has 0 atom stereocenters. The Morgan fingerprint density at radius 3 is 1.38 bits per heavy atom. The Kier molecular flexibility index (Phi) is 14.2. The second-order valence-electron chi connectivity index (χ2n) is 22.2. The molecule has 6 nitrogen and oxygen atoms in total. The third kappa shape index (κ3) is 10.3. The molecule has 0 unspecified atom stereocenters. The molecule has 3 heterocycles. The summed E-state index contributed by atoms with van der Waals surface area (Å²) < 4.78 is 4.64. The number of fused-ring (bicyclic) bond motifs is 3. The van der Waals surface area contributed by atoms with Crippen LogP contribution in [0.2, 0.25) is 0 Å². The minimum atomic E-state index is 0.552. The van der Waals surface area contributed by atoms with E-state index in [2.05, 4.69) is 324 Å². The number of imidazole rings is 2. The summed E-state index contributed by atoms with van der Waals surface area (Å²) in [5, 5.41) is 0.985. The highest BCUT2D eigenvalue weighted by Crippen LogP contribution is 2.43. The van der Waals surface area contributed by atoms with E-state index in [0.29, 0.717) is 6.54 Å². The van der Waals surface area contributed by atoms with Gasteiger partial charge in [-0.25, -0.2) is 15.0 Å². The Hall–Kier alpha value is -11.6. The third-order valence-electron chi connectivity index (χ3n) is 16.8. The minimum absolute atomic E-state index is 0.552. The maximum atomic E-state index is 5.60. The molecule has 416 valence electrons. The first-order chi connectivity index (χ1) is 43.6. The Bertz CT molecular complexity index is 4940. The highest BCUT2D eigenvalue weighted by Gasteiger charge is 2.25. The van der Waals surface area contributed by atoms with Crippen molar-refractivity contribution in [3.05, 3.63) is 327 Å². The molecule has 0 saturated carbocycles. The molecular formula is C82H58N6. The molecule has 0 saturated heterocycles. The van der Waals surface area contributed by atoms with Crippen molar-refractivity contribution >= 4 is 34.5 Å². The highest BCUT2D eigenvalue weighted by molar-refractivity contribution is 5.98. The van der Waals surface area contributed by atoms with Crippen LogP contribution in [-0.2, 0) is 6.54 Å². The maximum Gasteiger partial charge on any atom is 0.149 e. The fourth-order valence-corrected chi connectivity index (χ4v) is 12.3. The lowest BCUT2D eigenvalue weighted by Gasteiger charge is -2.16. The van der Waals surface area contributed by atoms with Crippen LogP contribution in [0.3, 0.4) is 0 Å². The standard InChI is InChI=1S/C82H58N6/c1-83-74-29-17-15-27-72(74)81-85-76(67-45-35-62(36-46-67)57-19-7-2-3-8-20-57)78(69-49-39-64(40-50-69)59-23-11-5-12-24-59)87(81)55-56-31-33-61(34-32-56)66-43-53-71(54-44-66)80-84-75-30-18-16-28-73(75)82-86-77(68-47-37-63(38-48-68)58-21-9-4-10-22-58)79(88(80)82)70-51-41-65(42-52-70)60-25-13-6-14-26-60/h2-7,9-54H,1,8,55H2. The number of para-hydroxylation sites is 2. The van der Waals surface area contributed by atoms with Gasteiger partial charge in [0.2, 0.25) is 0 Å². The molecule has 0 radical (unpaired) electrons. The van der Waals surface area contributed by atoms with Crippen LogP contribution in [0.25, 0.3) is 134 Å². The normalized spacial score (nSPS) is 12.1. The first-order valence-electron chi connectivity index (χ1n) is 29.9. The summed E-state index contributed by atoms with van der Waals surface area (Å²) in [6.07, 6.45) is 11.7. The molecule has 1 aliphatic rings. The predicted octanol–water partition coefficient (Wildman–Crippen LogP) is 21.0. The van der Waals surface area contributed by atoms with E-state index >= 15 is 0 Å². The molecule has 0 N–H and O–H groups in total. The van der Waals surface area contributed by atoms with Gasteiger partial charge >= 0.3 is 0 Å². The van der Waals surface area contributed by atoms with Gasteiger partial charge in [0.25, 0.3) is 0 Å². The van der Waals surface area contributed by atoms with E-state index in [1.54, 1.807) is 0 Å². The van der Waals surface area contributed by atoms with E-state index in [-0.39, 0.29) is 0 Å². The van der Waals surface area contributed by atoms with E-state index < -0.39 is 0 Å². The van der Waals surface area contributed by atoms with Crippen molar-refractivity contribution in [2.45, 2.75) is 13.0 Å². The van der Waals surface area contributed by atoms with Crippen LogP contribution < -0.4 is 0 Å². The quantitative estimate of drug-likeness (QED) is 0.102. The molecule has 0 bridgehead atoms. The lowest BCUT2D eigenvalue weighted by molar-refractivity contribution is 0.815. The largest absolute Gasteiger partial charge is 0.319 e. The van der Waals surface area contributed by atoms with E-state index in [1.165, 1.54) is 27.8 Å². The highest BCUT2D eigenvalue weighted by atomic mass is 15.1. The molecular weight excluding hydrogens is 1070 g/mol. The topological polar surface area (TPSA) is 60.4 Å². The summed E-state index contributed by atoms with van der Waals surface area (Å²) in [7, 11) is 0. The van der Waals surface area contributed by atoms with Crippen molar-refractivity contribution in [2.75, 3.05) is 0 Å². The SMILES string of the molecule is C=Nc1ccccc1-c1nc(-c2ccc(C3=CCC=CC=C3)cc2)c(-c2ccc(-c3ccccc3)cc2)n1Cc1ccc(-c2ccc(-c3nc4ccccc4c4nc(-c5ccc(-c6ccccc6)cc5)c(-c5ccc(-c6ccccc6)cc5)n34)cc2)cc1. The van der Waals surface area contributed by atoms with Crippen LogP contribution in [-0.4, -0.2) is 30.6 Å². The summed E-state index contributed by atoms with van der Waals surface area (Å²) in [5.41, 5.74) is 25.0. The number of benzene rings is 11. The Morgan fingerprint density at radius 2 is 0.807 bits per heavy atom. The zero-order valence-corrected chi connectivity index (χ0v) is 48.3. The zero-order chi connectivity index (χ0) is 58.8. The lowest BCUT2D eigenvalue weighted by Crippen LogP contribution is -2.05. The van der Waals surface area contributed by atoms with Gasteiger partial charge in [0.1, 0.15) is 17.3 Å². The number of nitrogens with zero attached hydrogens (tertiary/aromatic N) is 6. The van der Waals surface area contributed by atoms with Crippen LogP contribution in [0.1, 0.15) is 17.5 Å². The molecule has 11 aromatic carbocycles. The summed E-state index contributed by atoms with van der Waals surface area (Å²) >= 11 is 0. The van der Waals surface area contributed by atoms with Crippen molar-refractivity contribution in [3.8, 4) is 112 Å². The molecule has 15 rings (SSSR count). The summed E-state index contributed by atoms with van der Waals surface area (Å²) in [6.45, 7) is 4.55. The number of rotatable bonds is 14. The Labute approximate surface area is 512 Å². The van der Waals surface area contributed by atoms with E-state index in [0.717, 1.165) is 130 Å². The number of allylic oxidation sites excluding steroid dienone is 6. The monoisotopic (exact) mass is 1130 g/mol. The minimum Gasteiger partial charge on any atom is -0.319 e. The Balaban J connectivity index is 0.813. The van der Waals surface area contributed by atoms with Crippen LogP contribution in [0.4, 0.5) is 5.69 Å². The molecule has 0 spiro atoms. The average Bonchev–Trinajstić information content (AvgIpc) is 1.70. The molecule has 0 aliphatic heterocycles. The average molecular weight is 1130 g/mol. The number of hydrogen-bond donors (Lipinski definition) is 0. The fourth-order valence-electron chi connectivity index (χ4n) is 12.3. The van der Waals surface area contributed by atoms with Crippen LogP contribution in [0, 0.1) is 0 Å². The molecule has 6 heteroatoms. The van der Waals surface area contributed by atoms with Crippen LogP contribution in [0.15, 0.2) is 320 Å². The van der Waals surface area contributed by atoms with Gasteiger partial charge in [0.05, 0.1) is 34.0 Å². The first-order valence-corrected chi connectivity index (χ1v) is 29.9. The smallest absolute Gasteiger partial charge is 0.149 e. The van der Waals surface area contributed by atoms with Crippen molar-refractivity contribution in [1.82, 2.24) is 23.9 Å². The lowest BCUT2D eigenvalue weighted by atomic mass is 9.98. The molecule has 3 aromatic heterocycles. The number of aromatic nitrogens is 5. The van der Waals surface area contributed by atoms with Crippen molar-refractivity contribution in [1.29, 1.82) is 0 Å². The van der Waals surface area contributed by atoms with Gasteiger partial charge < -0.3 is 4.57 Å². The third-order valence-corrected chi connectivity index (χ3v) is 16.8. The summed E-state index contributed by atoms with van der Waals surface area (Å²) in [6, 6.07) is 101. The van der Waals surface area contributed by atoms with Gasteiger partial charge in [-0.3, -0.25) is 9.39 Å². The van der Waals surface area contributed by atoms with E-state index in [4.69, 9.17) is 15.0 Å². The second-order valence-corrected chi connectivity index (χ2v) is 22.2. The molecule has 0 fully saturated rings. The molecule has 14 aromatic rings. The Morgan fingerprint density at radius 1 is 0.364 bits per heavy atom. The van der Waals surface area contributed by atoms with Crippen molar-refractivity contribution < 1.29 is 0 Å². The maximum absolute atomic E-state index is 5.60. The second kappa shape index (κ2) is 23.5. The van der Waals surface area contributed by atoms with Gasteiger partial charge in [-0.15, -0.1) is 0 Å². The van der Waals surface area contributed by atoms with E-state index in [9.17, 15) is 0 Å². The molecule has 88 heavy (non-hydrogen) atoms. The van der Waals surface area contributed by atoms with Crippen molar-refractivity contribution in [2.24, 2.45) is 4.99 Å². The summed E-state index contributed by atoms with van der Waals surface area (Å²) in [4.78, 5) is 21.2. The summed E-state index contributed by atoms with van der Waals surface area (Å²) in [5.74, 6) is 1.63. The van der Waals surface area contributed by atoms with Gasteiger partial charge in [0.15, 0.2) is 0 Å². The van der Waals surface area contributed by atoms with Crippen molar-refractivity contribution in [3.63, 3.8) is 0 Å². The van der Waals surface area contributed by atoms with E-state index in [1.807, 2.05) is 12.1 Å². The molecule has 0 amide bonds. The number of aliphatic imine (C=N–C) groups is 1. The van der Waals surface area contributed by atoms with Gasteiger partial charge in [0, 0.05) is 45.3 Å². The van der Waals surface area contributed by atoms with Crippen LogP contribution >= 0.6 is 0 Å². The van der Waals surface area contributed by atoms with Crippen LogP contribution in [0.5, 0.6) is 0 Å². The fraction of sp³-hybridized carbons (Fsp3) is 0.0244.